The minimum atomic E-state index is -0.108. The summed E-state index contributed by atoms with van der Waals surface area (Å²) >= 11 is 0. The fourth-order valence-corrected chi connectivity index (χ4v) is 4.86. The van der Waals surface area contributed by atoms with Crippen molar-refractivity contribution in [2.75, 3.05) is 25.1 Å². The lowest BCUT2D eigenvalue weighted by Crippen LogP contribution is -2.40. The average molecular weight is 459 g/mol. The molecule has 0 spiro atoms. The van der Waals surface area contributed by atoms with E-state index in [1.54, 1.807) is 30.5 Å². The molecule has 3 aromatic rings. The fourth-order valence-electron chi connectivity index (χ4n) is 4.86. The zero-order valence-electron chi connectivity index (χ0n) is 19.1. The van der Waals surface area contributed by atoms with Gasteiger partial charge in [0.15, 0.2) is 5.82 Å². The molecule has 1 aromatic carbocycles. The van der Waals surface area contributed by atoms with Crippen LogP contribution in [0.15, 0.2) is 42.7 Å². The summed E-state index contributed by atoms with van der Waals surface area (Å²) in [4.78, 5) is 34.5. The smallest absolute Gasteiger partial charge is 0.260 e. The number of likely N-dealkylation sites (tertiary alicyclic amines) is 1. The van der Waals surface area contributed by atoms with Crippen LogP contribution >= 0.6 is 0 Å². The molecule has 6 rings (SSSR count). The van der Waals surface area contributed by atoms with E-state index in [-0.39, 0.29) is 17.9 Å². The molecule has 0 bridgehead atoms. The van der Waals surface area contributed by atoms with E-state index in [9.17, 15) is 9.59 Å². The van der Waals surface area contributed by atoms with Crippen LogP contribution < -0.4 is 4.90 Å². The zero-order valence-corrected chi connectivity index (χ0v) is 19.1. The molecule has 2 aliphatic heterocycles. The van der Waals surface area contributed by atoms with Crippen LogP contribution in [0.25, 0.3) is 11.5 Å². The van der Waals surface area contributed by atoms with Gasteiger partial charge in [0.2, 0.25) is 0 Å². The largest absolute Gasteiger partial charge is 0.381 e. The molecule has 2 amide bonds. The molecular formula is C25H26N6O3. The minimum absolute atomic E-state index is 0.00258. The fraction of sp³-hybridized carbons (Fsp3) is 0.400. The Morgan fingerprint density at radius 2 is 1.91 bits per heavy atom. The second kappa shape index (κ2) is 8.32. The van der Waals surface area contributed by atoms with Gasteiger partial charge in [0.1, 0.15) is 17.8 Å². The molecule has 4 heterocycles. The summed E-state index contributed by atoms with van der Waals surface area (Å²) in [6.45, 7) is 1.75. The summed E-state index contributed by atoms with van der Waals surface area (Å²) < 4.78 is 7.46. The third kappa shape index (κ3) is 3.66. The molecule has 1 aliphatic carbocycles. The maximum absolute atomic E-state index is 13.2. The molecule has 0 N–H and O–H groups in total. The highest BCUT2D eigenvalue weighted by atomic mass is 16.5. The lowest BCUT2D eigenvalue weighted by molar-refractivity contribution is 0.0350. The maximum Gasteiger partial charge on any atom is 0.260 e. The van der Waals surface area contributed by atoms with Crippen molar-refractivity contribution in [2.45, 2.75) is 44.4 Å². The number of amides is 2. The monoisotopic (exact) mass is 458 g/mol. The highest BCUT2D eigenvalue weighted by Gasteiger charge is 2.32. The lowest BCUT2D eigenvalue weighted by Gasteiger charge is -2.31. The standard InChI is InChI=1S/C25H26N6O3/c1-34-19-9-11-29(12-10-19)24(32)16-5-8-20-17(13-16)14-30(25(20)33)22-4-2-3-21(27-22)23-28-26-15-31(23)18-6-7-18/h2-5,8,13,15,18-19H,6-7,9-12,14H2,1H3. The number of ether oxygens (including phenoxy) is 1. The molecule has 1 saturated heterocycles. The first-order valence-corrected chi connectivity index (χ1v) is 11.8. The van der Waals surface area contributed by atoms with Crippen molar-refractivity contribution in [3.8, 4) is 11.5 Å². The number of rotatable bonds is 5. The van der Waals surface area contributed by atoms with Gasteiger partial charge in [-0.2, -0.15) is 0 Å². The summed E-state index contributed by atoms with van der Waals surface area (Å²) in [6, 6.07) is 11.4. The van der Waals surface area contributed by atoms with Gasteiger partial charge in [0.05, 0.1) is 12.6 Å². The van der Waals surface area contributed by atoms with Gasteiger partial charge >= 0.3 is 0 Å². The number of carbonyl (C=O) groups excluding carboxylic acids is 2. The predicted octanol–water partition coefficient (Wildman–Crippen LogP) is 3.09. The van der Waals surface area contributed by atoms with Crippen LogP contribution in [0.1, 0.15) is 58.0 Å². The normalized spacial score (nSPS) is 18.4. The third-order valence-electron chi connectivity index (χ3n) is 6.97. The van der Waals surface area contributed by atoms with Crippen LogP contribution in [0.2, 0.25) is 0 Å². The SMILES string of the molecule is COC1CCN(C(=O)c2ccc3c(c2)CN(c2cccc(-c4nncn4C4CC4)n2)C3=O)CC1. The van der Waals surface area contributed by atoms with Crippen molar-refractivity contribution in [3.63, 3.8) is 0 Å². The van der Waals surface area contributed by atoms with Gasteiger partial charge < -0.3 is 14.2 Å². The Balaban J connectivity index is 1.23. The molecule has 0 radical (unpaired) electrons. The van der Waals surface area contributed by atoms with Gasteiger partial charge in [-0.05, 0) is 61.6 Å². The highest BCUT2D eigenvalue weighted by molar-refractivity contribution is 6.10. The molecule has 2 aromatic heterocycles. The third-order valence-corrected chi connectivity index (χ3v) is 6.97. The van der Waals surface area contributed by atoms with Crippen LogP contribution in [-0.4, -0.2) is 62.8 Å². The van der Waals surface area contributed by atoms with E-state index in [4.69, 9.17) is 9.72 Å². The summed E-state index contributed by atoms with van der Waals surface area (Å²) in [5.74, 6) is 1.18. The molecule has 9 heteroatoms. The highest BCUT2D eigenvalue weighted by Crippen LogP contribution is 2.37. The number of fused-ring (bicyclic) bond motifs is 1. The number of nitrogens with zero attached hydrogens (tertiary/aromatic N) is 6. The minimum Gasteiger partial charge on any atom is -0.381 e. The van der Waals surface area contributed by atoms with E-state index in [1.807, 2.05) is 29.2 Å². The number of hydrogen-bond donors (Lipinski definition) is 0. The summed E-state index contributed by atoms with van der Waals surface area (Å²) in [7, 11) is 1.72. The topological polar surface area (TPSA) is 93.4 Å². The number of anilines is 1. The Bertz CT molecular complexity index is 1260. The van der Waals surface area contributed by atoms with Gasteiger partial charge in [-0.1, -0.05) is 6.07 Å². The molecule has 34 heavy (non-hydrogen) atoms. The van der Waals surface area contributed by atoms with Crippen LogP contribution in [0, 0.1) is 0 Å². The van der Waals surface area contributed by atoms with E-state index >= 15 is 0 Å². The zero-order chi connectivity index (χ0) is 23.2. The lowest BCUT2D eigenvalue weighted by atomic mass is 10.0. The van der Waals surface area contributed by atoms with Crippen molar-refractivity contribution in [1.29, 1.82) is 0 Å². The van der Waals surface area contributed by atoms with E-state index < -0.39 is 0 Å². The van der Waals surface area contributed by atoms with Crippen molar-refractivity contribution < 1.29 is 14.3 Å². The molecule has 2 fully saturated rings. The molecule has 1 saturated carbocycles. The van der Waals surface area contributed by atoms with Gasteiger partial charge in [-0.15, -0.1) is 10.2 Å². The van der Waals surface area contributed by atoms with Gasteiger partial charge in [0.25, 0.3) is 11.8 Å². The number of methoxy groups -OCH3 is 1. The Morgan fingerprint density at radius 1 is 1.09 bits per heavy atom. The second-order valence-corrected chi connectivity index (χ2v) is 9.16. The van der Waals surface area contributed by atoms with Gasteiger partial charge in [0, 0.05) is 37.4 Å². The molecular weight excluding hydrogens is 432 g/mol. The van der Waals surface area contributed by atoms with Crippen molar-refractivity contribution in [3.05, 3.63) is 59.4 Å². The van der Waals surface area contributed by atoms with Crippen LogP contribution in [-0.2, 0) is 11.3 Å². The van der Waals surface area contributed by atoms with Crippen molar-refractivity contribution >= 4 is 17.6 Å². The average Bonchev–Trinajstić information content (AvgIpc) is 3.52. The Hall–Kier alpha value is -3.59. The van der Waals surface area contributed by atoms with Crippen molar-refractivity contribution in [1.82, 2.24) is 24.6 Å². The van der Waals surface area contributed by atoms with Crippen LogP contribution in [0.5, 0.6) is 0 Å². The number of aromatic nitrogens is 4. The predicted molar refractivity (Wildman–Crippen MR) is 124 cm³/mol. The molecule has 0 unspecified atom stereocenters. The summed E-state index contributed by atoms with van der Waals surface area (Å²) in [5, 5.41) is 8.31. The molecule has 174 valence electrons. The number of pyridine rings is 1. The van der Waals surface area contributed by atoms with Crippen LogP contribution in [0.3, 0.4) is 0 Å². The van der Waals surface area contributed by atoms with Gasteiger partial charge in [-0.3, -0.25) is 14.5 Å². The van der Waals surface area contributed by atoms with E-state index in [1.165, 1.54) is 0 Å². The first kappa shape index (κ1) is 21.0. The number of benzene rings is 1. The van der Waals surface area contributed by atoms with E-state index in [0.29, 0.717) is 48.3 Å². The summed E-state index contributed by atoms with van der Waals surface area (Å²) in [5.41, 5.74) is 2.77. The first-order valence-electron chi connectivity index (χ1n) is 11.8. The number of hydrogen-bond acceptors (Lipinski definition) is 6. The number of carbonyl (C=O) groups is 2. The maximum atomic E-state index is 13.2. The Labute approximate surface area is 197 Å². The summed E-state index contributed by atoms with van der Waals surface area (Å²) in [6.07, 6.45) is 5.89. The quantitative estimate of drug-likeness (QED) is 0.583. The van der Waals surface area contributed by atoms with E-state index in [2.05, 4.69) is 14.8 Å². The van der Waals surface area contributed by atoms with Crippen LogP contribution in [0.4, 0.5) is 5.82 Å². The first-order chi connectivity index (χ1) is 16.6. The molecule has 3 aliphatic rings. The van der Waals surface area contributed by atoms with Crippen molar-refractivity contribution in [2.24, 2.45) is 0 Å². The Morgan fingerprint density at radius 3 is 2.68 bits per heavy atom. The number of piperidine rings is 1. The van der Waals surface area contributed by atoms with Gasteiger partial charge in [-0.25, -0.2) is 4.98 Å². The molecule has 9 nitrogen and oxygen atoms in total. The molecule has 0 atom stereocenters. The second-order valence-electron chi connectivity index (χ2n) is 9.16. The Kier molecular flexibility index (Phi) is 5.13. The van der Waals surface area contributed by atoms with E-state index in [0.717, 1.165) is 37.1 Å².